The molecule has 0 aliphatic carbocycles. The molecule has 0 fully saturated rings. The minimum absolute atomic E-state index is 0.0155. The first-order chi connectivity index (χ1) is 11.6. The Morgan fingerprint density at radius 2 is 1.83 bits per heavy atom. The second kappa shape index (κ2) is 7.62. The molecule has 1 amide bonds. The number of benzene rings is 2. The summed E-state index contributed by atoms with van der Waals surface area (Å²) < 4.78 is 10.6. The summed E-state index contributed by atoms with van der Waals surface area (Å²) in [6.07, 6.45) is 0.490. The zero-order valence-corrected chi connectivity index (χ0v) is 14.7. The van der Waals surface area contributed by atoms with E-state index in [9.17, 15) is 4.79 Å². The van der Waals surface area contributed by atoms with Crippen LogP contribution in [0.3, 0.4) is 0 Å². The van der Waals surface area contributed by atoms with E-state index in [2.05, 4.69) is 37.4 Å². The molecule has 0 saturated carbocycles. The monoisotopic (exact) mass is 343 g/mol. The highest BCUT2D eigenvalue weighted by Crippen LogP contribution is 2.34. The van der Waals surface area contributed by atoms with Crippen LogP contribution in [0.4, 0.5) is 5.69 Å². The van der Waals surface area contributed by atoms with Gasteiger partial charge in [-0.2, -0.15) is 11.8 Å². The number of amides is 1. The highest BCUT2D eigenvalue weighted by Gasteiger charge is 2.14. The van der Waals surface area contributed by atoms with Crippen LogP contribution in [0, 0.1) is 13.8 Å². The van der Waals surface area contributed by atoms with E-state index < -0.39 is 0 Å². The van der Waals surface area contributed by atoms with E-state index in [1.54, 1.807) is 17.8 Å². The predicted octanol–water partition coefficient (Wildman–Crippen LogP) is 4.29. The Morgan fingerprint density at radius 1 is 1.08 bits per heavy atom. The Balaban J connectivity index is 1.42. The molecule has 1 N–H and O–H groups in total. The fraction of sp³-hybridized carbons (Fsp3) is 0.316. The van der Waals surface area contributed by atoms with Gasteiger partial charge in [-0.25, -0.2) is 0 Å². The fourth-order valence-electron chi connectivity index (χ4n) is 2.70. The van der Waals surface area contributed by atoms with Crippen molar-refractivity contribution in [2.45, 2.75) is 26.0 Å². The largest absolute Gasteiger partial charge is 0.454 e. The number of carbonyl (C=O) groups excluding carboxylic acids is 1. The van der Waals surface area contributed by atoms with Crippen molar-refractivity contribution in [3.05, 3.63) is 53.1 Å². The van der Waals surface area contributed by atoms with Crippen molar-refractivity contribution in [1.29, 1.82) is 0 Å². The third kappa shape index (κ3) is 4.45. The van der Waals surface area contributed by atoms with E-state index in [1.165, 1.54) is 16.7 Å². The Hall–Kier alpha value is -2.14. The highest BCUT2D eigenvalue weighted by molar-refractivity contribution is 7.98. The van der Waals surface area contributed by atoms with Crippen molar-refractivity contribution in [2.24, 2.45) is 0 Å². The fourth-order valence-corrected chi connectivity index (χ4v) is 3.58. The van der Waals surface area contributed by atoms with Crippen LogP contribution in [-0.2, 0) is 10.5 Å². The topological polar surface area (TPSA) is 47.6 Å². The van der Waals surface area contributed by atoms with Gasteiger partial charge in [0.15, 0.2) is 11.5 Å². The van der Waals surface area contributed by atoms with Crippen LogP contribution in [0.5, 0.6) is 11.5 Å². The van der Waals surface area contributed by atoms with E-state index in [4.69, 9.17) is 9.47 Å². The first-order valence-corrected chi connectivity index (χ1v) is 9.10. The number of aryl methyl sites for hydroxylation is 2. The van der Waals surface area contributed by atoms with E-state index in [0.717, 1.165) is 22.9 Å². The lowest BCUT2D eigenvalue weighted by Crippen LogP contribution is -2.12. The maximum atomic E-state index is 12.0. The summed E-state index contributed by atoms with van der Waals surface area (Å²) in [4.78, 5) is 12.0. The Bertz CT molecular complexity index is 725. The number of thioether (sulfide) groups is 1. The molecule has 0 unspecified atom stereocenters. The Morgan fingerprint density at radius 3 is 2.62 bits per heavy atom. The van der Waals surface area contributed by atoms with Gasteiger partial charge in [0.05, 0.1) is 0 Å². The zero-order valence-electron chi connectivity index (χ0n) is 13.9. The van der Waals surface area contributed by atoms with Gasteiger partial charge in [0.25, 0.3) is 0 Å². The van der Waals surface area contributed by atoms with Crippen LogP contribution in [0.25, 0.3) is 0 Å². The van der Waals surface area contributed by atoms with Crippen molar-refractivity contribution in [3.8, 4) is 11.5 Å². The van der Waals surface area contributed by atoms with Gasteiger partial charge in [-0.1, -0.05) is 29.3 Å². The van der Waals surface area contributed by atoms with Crippen LogP contribution < -0.4 is 14.8 Å². The van der Waals surface area contributed by atoms with E-state index in [1.807, 2.05) is 12.1 Å². The van der Waals surface area contributed by atoms with Gasteiger partial charge < -0.3 is 14.8 Å². The summed E-state index contributed by atoms with van der Waals surface area (Å²) >= 11 is 1.78. The Labute approximate surface area is 146 Å². The zero-order chi connectivity index (χ0) is 16.9. The van der Waals surface area contributed by atoms with Gasteiger partial charge in [-0.05, 0) is 31.5 Å². The minimum Gasteiger partial charge on any atom is -0.454 e. The molecule has 0 radical (unpaired) electrons. The molecule has 4 nitrogen and oxygen atoms in total. The molecule has 126 valence electrons. The molecule has 1 aliphatic rings. The molecule has 0 spiro atoms. The molecule has 3 rings (SSSR count). The second-order valence-corrected chi connectivity index (χ2v) is 7.02. The maximum Gasteiger partial charge on any atom is 0.231 e. The van der Waals surface area contributed by atoms with Gasteiger partial charge in [-0.15, -0.1) is 0 Å². The molecular formula is C19H21NO3S. The molecule has 1 heterocycles. The number of rotatable bonds is 6. The number of hydrogen-bond acceptors (Lipinski definition) is 4. The number of carbonyl (C=O) groups is 1. The number of anilines is 1. The third-order valence-corrected chi connectivity index (χ3v) is 4.71. The van der Waals surface area contributed by atoms with E-state index in [0.29, 0.717) is 12.2 Å². The molecule has 0 atom stereocenters. The summed E-state index contributed by atoms with van der Waals surface area (Å²) in [5.41, 5.74) is 4.62. The first kappa shape index (κ1) is 16.7. The molecular weight excluding hydrogens is 322 g/mol. The standard InChI is InChI=1S/C19H21NO3S/c1-13-7-14(2)9-15(8-13)11-24-6-5-19(21)20-16-3-4-17-18(10-16)23-12-22-17/h3-4,7-10H,5-6,11-12H2,1-2H3,(H,20,21). The van der Waals surface area contributed by atoms with Crippen molar-refractivity contribution < 1.29 is 14.3 Å². The second-order valence-electron chi connectivity index (χ2n) is 5.91. The highest BCUT2D eigenvalue weighted by atomic mass is 32.2. The summed E-state index contributed by atoms with van der Waals surface area (Å²) in [5.74, 6) is 3.14. The number of ether oxygens (including phenoxy) is 2. The Kier molecular flexibility index (Phi) is 5.30. The van der Waals surface area contributed by atoms with Crippen molar-refractivity contribution >= 4 is 23.4 Å². The predicted molar refractivity (Wildman–Crippen MR) is 97.9 cm³/mol. The van der Waals surface area contributed by atoms with Crippen LogP contribution in [-0.4, -0.2) is 18.5 Å². The molecule has 2 aromatic rings. The number of nitrogens with one attached hydrogen (secondary N) is 1. The van der Waals surface area contributed by atoms with Crippen molar-refractivity contribution in [3.63, 3.8) is 0 Å². The van der Waals surface area contributed by atoms with Crippen molar-refractivity contribution in [1.82, 2.24) is 0 Å². The molecule has 5 heteroatoms. The number of fused-ring (bicyclic) bond motifs is 1. The quantitative estimate of drug-likeness (QED) is 0.795. The summed E-state index contributed by atoms with van der Waals surface area (Å²) in [7, 11) is 0. The lowest BCUT2D eigenvalue weighted by atomic mass is 10.1. The SMILES string of the molecule is Cc1cc(C)cc(CSCCC(=O)Nc2ccc3c(c2)OCO3)c1. The average Bonchev–Trinajstić information content (AvgIpc) is 2.98. The summed E-state index contributed by atoms with van der Waals surface area (Å²) in [6, 6.07) is 12.0. The molecule has 2 aromatic carbocycles. The first-order valence-electron chi connectivity index (χ1n) is 7.94. The summed E-state index contributed by atoms with van der Waals surface area (Å²) in [6.45, 7) is 4.46. The molecule has 24 heavy (non-hydrogen) atoms. The van der Waals surface area contributed by atoms with E-state index in [-0.39, 0.29) is 12.7 Å². The van der Waals surface area contributed by atoms with Crippen LogP contribution in [0.1, 0.15) is 23.1 Å². The minimum atomic E-state index is 0.0155. The van der Waals surface area contributed by atoms with Crippen LogP contribution in [0.15, 0.2) is 36.4 Å². The lowest BCUT2D eigenvalue weighted by molar-refractivity contribution is -0.115. The van der Waals surface area contributed by atoms with Gasteiger partial charge in [-0.3, -0.25) is 4.79 Å². The lowest BCUT2D eigenvalue weighted by Gasteiger charge is -2.07. The van der Waals surface area contributed by atoms with Gasteiger partial charge >= 0.3 is 0 Å². The van der Waals surface area contributed by atoms with E-state index >= 15 is 0 Å². The van der Waals surface area contributed by atoms with Crippen LogP contribution >= 0.6 is 11.8 Å². The molecule has 1 aliphatic heterocycles. The van der Waals surface area contributed by atoms with Crippen LogP contribution in [0.2, 0.25) is 0 Å². The van der Waals surface area contributed by atoms with Gasteiger partial charge in [0.2, 0.25) is 12.7 Å². The molecule has 0 aromatic heterocycles. The molecule has 0 bridgehead atoms. The normalized spacial score (nSPS) is 12.2. The van der Waals surface area contributed by atoms with Crippen molar-refractivity contribution in [2.75, 3.05) is 17.9 Å². The smallest absolute Gasteiger partial charge is 0.231 e. The number of hydrogen-bond donors (Lipinski definition) is 1. The third-order valence-electron chi connectivity index (χ3n) is 3.68. The maximum absolute atomic E-state index is 12.0. The molecule has 0 saturated heterocycles. The average molecular weight is 343 g/mol. The van der Waals surface area contributed by atoms with Gasteiger partial charge in [0.1, 0.15) is 0 Å². The van der Waals surface area contributed by atoms with Gasteiger partial charge in [0, 0.05) is 29.7 Å². The summed E-state index contributed by atoms with van der Waals surface area (Å²) in [5, 5.41) is 2.90.